The van der Waals surface area contributed by atoms with Crippen molar-refractivity contribution in [3.8, 4) is 0 Å². The molecule has 45 heavy (non-hydrogen) atoms. The van der Waals surface area contributed by atoms with Crippen LogP contribution in [0.25, 0.3) is 11.8 Å². The SMILES string of the molecule is C=C/C=c1/c(C(=O)NCc2cccc(C)c2)cn(CCCN2[C@@H]3CC[C@H]2CC(CC(O)c2ccc(Cl)c(Cl)c2)C3)/c1=C(/C)OC. The van der Waals surface area contributed by atoms with Gasteiger partial charge in [0.1, 0.15) is 5.76 Å². The lowest BCUT2D eigenvalue weighted by Gasteiger charge is -2.39. The Morgan fingerprint density at radius 1 is 1.13 bits per heavy atom. The molecule has 2 aliphatic heterocycles. The van der Waals surface area contributed by atoms with Gasteiger partial charge in [0.15, 0.2) is 0 Å². The Hall–Kier alpha value is -3.03. The van der Waals surface area contributed by atoms with Crippen molar-refractivity contribution in [1.29, 1.82) is 0 Å². The minimum absolute atomic E-state index is 0.114. The number of allylic oxidation sites excluding steroid dienone is 1. The Morgan fingerprint density at radius 2 is 1.89 bits per heavy atom. The number of methoxy groups -OCH3 is 1. The van der Waals surface area contributed by atoms with Gasteiger partial charge in [-0.05, 0) is 81.5 Å². The highest BCUT2D eigenvalue weighted by atomic mass is 35.5. The second-order valence-electron chi connectivity index (χ2n) is 12.6. The topological polar surface area (TPSA) is 66.7 Å². The molecule has 0 spiro atoms. The summed E-state index contributed by atoms with van der Waals surface area (Å²) in [6.45, 7) is 10.1. The number of benzene rings is 2. The van der Waals surface area contributed by atoms with Crippen LogP contribution in [0.2, 0.25) is 10.0 Å². The van der Waals surface area contributed by atoms with E-state index >= 15 is 0 Å². The van der Waals surface area contributed by atoms with Gasteiger partial charge in [0.05, 0.1) is 34.2 Å². The summed E-state index contributed by atoms with van der Waals surface area (Å²) >= 11 is 12.3. The molecule has 3 aromatic rings. The van der Waals surface area contributed by atoms with Gasteiger partial charge < -0.3 is 19.7 Å². The lowest BCUT2D eigenvalue weighted by molar-refractivity contribution is 0.0666. The van der Waals surface area contributed by atoms with E-state index in [1.165, 1.54) is 18.4 Å². The van der Waals surface area contributed by atoms with Crippen LogP contribution in [0.1, 0.15) is 78.6 Å². The molecule has 0 radical (unpaired) electrons. The van der Waals surface area contributed by atoms with Crippen LogP contribution in [-0.2, 0) is 17.8 Å². The van der Waals surface area contributed by atoms with Crippen molar-refractivity contribution >= 4 is 40.9 Å². The summed E-state index contributed by atoms with van der Waals surface area (Å²) < 4.78 is 7.86. The molecular weight excluding hydrogens is 605 g/mol. The van der Waals surface area contributed by atoms with Gasteiger partial charge in [-0.2, -0.15) is 0 Å². The molecule has 4 atom stereocenters. The van der Waals surface area contributed by atoms with Gasteiger partial charge in [0.2, 0.25) is 0 Å². The average molecular weight is 651 g/mol. The summed E-state index contributed by atoms with van der Waals surface area (Å²) in [7, 11) is 1.67. The third kappa shape index (κ3) is 7.86. The monoisotopic (exact) mass is 649 g/mol. The maximum Gasteiger partial charge on any atom is 0.253 e. The number of nitrogens with one attached hydrogen (secondary N) is 1. The van der Waals surface area contributed by atoms with Crippen molar-refractivity contribution in [2.75, 3.05) is 13.7 Å². The number of aromatic nitrogens is 1. The Morgan fingerprint density at radius 3 is 2.56 bits per heavy atom. The Labute approximate surface area is 277 Å². The molecule has 240 valence electrons. The summed E-state index contributed by atoms with van der Waals surface area (Å²) in [5.41, 5.74) is 3.69. The number of carbonyl (C=O) groups excluding carboxylic acids is 1. The van der Waals surface area contributed by atoms with Gasteiger partial charge in [-0.3, -0.25) is 9.69 Å². The van der Waals surface area contributed by atoms with Crippen molar-refractivity contribution in [1.82, 2.24) is 14.8 Å². The first-order valence-electron chi connectivity index (χ1n) is 16.0. The number of aliphatic hydroxyl groups is 1. The van der Waals surface area contributed by atoms with Crippen LogP contribution >= 0.6 is 23.2 Å². The highest BCUT2D eigenvalue weighted by Gasteiger charge is 2.40. The minimum atomic E-state index is -0.534. The molecule has 6 nitrogen and oxygen atoms in total. The number of carbonyl (C=O) groups is 1. The predicted octanol–water partition coefficient (Wildman–Crippen LogP) is 6.53. The normalized spacial score (nSPS) is 21.5. The van der Waals surface area contributed by atoms with E-state index in [-0.39, 0.29) is 5.91 Å². The zero-order chi connectivity index (χ0) is 32.1. The number of ether oxygens (including phenoxy) is 1. The van der Waals surface area contributed by atoms with E-state index in [0.29, 0.717) is 40.2 Å². The zero-order valence-electron chi connectivity index (χ0n) is 26.6. The highest BCUT2D eigenvalue weighted by molar-refractivity contribution is 6.42. The Kier molecular flexibility index (Phi) is 11.1. The van der Waals surface area contributed by atoms with E-state index in [1.807, 2.05) is 37.4 Å². The molecule has 2 aliphatic rings. The van der Waals surface area contributed by atoms with Gasteiger partial charge in [0, 0.05) is 43.1 Å². The van der Waals surface area contributed by atoms with E-state index in [1.54, 1.807) is 25.3 Å². The van der Waals surface area contributed by atoms with Crippen LogP contribution in [0.3, 0.4) is 0 Å². The number of piperidine rings is 1. The fourth-order valence-electron chi connectivity index (χ4n) is 7.34. The second-order valence-corrected chi connectivity index (χ2v) is 13.4. The fraction of sp³-hybridized carbons (Fsp3) is 0.432. The highest BCUT2D eigenvalue weighted by Crippen LogP contribution is 2.42. The molecule has 8 heteroatoms. The molecule has 2 bridgehead atoms. The van der Waals surface area contributed by atoms with Crippen LogP contribution in [-0.4, -0.2) is 46.2 Å². The molecule has 2 fully saturated rings. The predicted molar refractivity (Wildman–Crippen MR) is 184 cm³/mol. The van der Waals surface area contributed by atoms with E-state index in [2.05, 4.69) is 40.4 Å². The zero-order valence-corrected chi connectivity index (χ0v) is 28.1. The largest absolute Gasteiger partial charge is 0.499 e. The van der Waals surface area contributed by atoms with E-state index in [9.17, 15) is 9.90 Å². The molecule has 2 unspecified atom stereocenters. The van der Waals surface area contributed by atoms with E-state index in [0.717, 1.165) is 66.2 Å². The van der Waals surface area contributed by atoms with Gasteiger partial charge in [-0.1, -0.05) is 77.8 Å². The molecule has 2 N–H and O–H groups in total. The average Bonchev–Trinajstić information content (AvgIpc) is 3.49. The molecule has 3 heterocycles. The molecule has 0 saturated carbocycles. The maximum atomic E-state index is 13.5. The summed E-state index contributed by atoms with van der Waals surface area (Å²) in [6.07, 6.45) is 11.4. The number of aryl methyl sites for hydroxylation is 2. The number of hydrogen-bond donors (Lipinski definition) is 2. The van der Waals surface area contributed by atoms with Crippen LogP contribution in [0.5, 0.6) is 0 Å². The van der Waals surface area contributed by atoms with Crippen molar-refractivity contribution in [2.24, 2.45) is 5.92 Å². The third-order valence-electron chi connectivity index (χ3n) is 9.50. The van der Waals surface area contributed by atoms with Gasteiger partial charge in [0.25, 0.3) is 5.91 Å². The van der Waals surface area contributed by atoms with Gasteiger partial charge in [-0.25, -0.2) is 0 Å². The van der Waals surface area contributed by atoms with Crippen LogP contribution in [0.4, 0.5) is 0 Å². The standard InChI is InChI=1S/C37H45Cl2N3O3/c1-5-8-31-32(37(44)40-22-26-10-6-9-24(2)17-26)23-41(36(31)25(3)45-4)15-7-16-42-29-12-13-30(42)19-27(18-29)20-35(43)28-11-14-33(38)34(39)21-28/h5-6,8-11,14,17,21,23,27,29-30,35,43H,1,7,12-13,15-16,18-20,22H2,2-4H3,(H,40,44)/b31-8-,36-25-/t27?,29-,30+,35?. The van der Waals surface area contributed by atoms with E-state index < -0.39 is 6.10 Å². The van der Waals surface area contributed by atoms with Gasteiger partial charge in [-0.15, -0.1) is 0 Å². The van der Waals surface area contributed by atoms with Crippen molar-refractivity contribution < 1.29 is 14.6 Å². The summed E-state index contributed by atoms with van der Waals surface area (Å²) in [4.78, 5) is 16.1. The lowest BCUT2D eigenvalue weighted by Crippen LogP contribution is -2.44. The molecule has 0 aliphatic carbocycles. The minimum Gasteiger partial charge on any atom is -0.499 e. The molecule has 1 amide bonds. The van der Waals surface area contributed by atoms with Crippen molar-refractivity contribution in [3.05, 3.63) is 104 Å². The second kappa shape index (κ2) is 15.0. The van der Waals surface area contributed by atoms with Crippen LogP contribution < -0.4 is 15.9 Å². The number of amides is 1. The molecule has 2 aromatic carbocycles. The van der Waals surface area contributed by atoms with Crippen molar-refractivity contribution in [2.45, 2.75) is 83.6 Å². The summed E-state index contributed by atoms with van der Waals surface area (Å²) in [5, 5.41) is 16.8. The number of halogens is 2. The number of aliphatic hydroxyl groups excluding tert-OH is 1. The van der Waals surface area contributed by atoms with E-state index in [4.69, 9.17) is 27.9 Å². The first kappa shape index (κ1) is 33.3. The number of rotatable bonds is 12. The molecule has 2 saturated heterocycles. The first-order chi connectivity index (χ1) is 21.7. The third-order valence-corrected chi connectivity index (χ3v) is 10.2. The van der Waals surface area contributed by atoms with Crippen LogP contribution in [0, 0.1) is 12.8 Å². The number of fused-ring (bicyclic) bond motifs is 2. The fourth-order valence-corrected chi connectivity index (χ4v) is 7.65. The molecule has 5 rings (SSSR count). The summed E-state index contributed by atoms with van der Waals surface area (Å²) in [6, 6.07) is 14.7. The Bertz CT molecular complexity index is 1630. The number of nitrogens with zero attached hydrogens (tertiary/aromatic N) is 2. The first-order valence-corrected chi connectivity index (χ1v) is 16.7. The quantitative estimate of drug-likeness (QED) is 0.234. The maximum absolute atomic E-state index is 13.5. The number of hydrogen-bond acceptors (Lipinski definition) is 4. The van der Waals surface area contributed by atoms with Crippen molar-refractivity contribution in [3.63, 3.8) is 0 Å². The smallest absolute Gasteiger partial charge is 0.253 e. The molecular formula is C37H45Cl2N3O3. The summed E-state index contributed by atoms with van der Waals surface area (Å²) in [5.74, 6) is 1.13. The Balaban J connectivity index is 1.24. The lowest BCUT2D eigenvalue weighted by atomic mass is 9.85. The molecule has 1 aromatic heterocycles. The van der Waals surface area contributed by atoms with Gasteiger partial charge >= 0.3 is 0 Å². The van der Waals surface area contributed by atoms with Crippen LogP contribution in [0.15, 0.2) is 61.3 Å².